The van der Waals surface area contributed by atoms with E-state index in [1.54, 1.807) is 6.92 Å². The van der Waals surface area contributed by atoms with Crippen molar-refractivity contribution >= 4 is 38.1 Å². The van der Waals surface area contributed by atoms with E-state index in [2.05, 4.69) is 9.44 Å². The molecule has 150 valence electrons. The highest BCUT2D eigenvalue weighted by Crippen LogP contribution is 2.27. The van der Waals surface area contributed by atoms with Crippen LogP contribution in [0.15, 0.2) is 23.1 Å². The summed E-state index contributed by atoms with van der Waals surface area (Å²) in [6.45, 7) is 2.08. The zero-order chi connectivity index (χ0) is 18.7. The van der Waals surface area contributed by atoms with E-state index in [1.165, 1.54) is 6.07 Å². The number of rotatable bonds is 8. The first-order valence-corrected chi connectivity index (χ1v) is 11.3. The van der Waals surface area contributed by atoms with Crippen molar-refractivity contribution in [2.45, 2.75) is 43.5 Å². The molecular formula is C15H25ClFN3O4S2. The molecule has 0 spiro atoms. The average Bonchev–Trinajstić information content (AvgIpc) is 2.95. The van der Waals surface area contributed by atoms with Gasteiger partial charge >= 0.3 is 0 Å². The number of halogens is 2. The van der Waals surface area contributed by atoms with E-state index in [-0.39, 0.29) is 40.7 Å². The molecule has 1 aromatic carbocycles. The van der Waals surface area contributed by atoms with Gasteiger partial charge in [0, 0.05) is 6.04 Å². The van der Waals surface area contributed by atoms with Crippen LogP contribution in [0.1, 0.15) is 32.6 Å². The van der Waals surface area contributed by atoms with Crippen LogP contribution in [0.25, 0.3) is 0 Å². The van der Waals surface area contributed by atoms with Gasteiger partial charge in [-0.3, -0.25) is 4.72 Å². The van der Waals surface area contributed by atoms with Gasteiger partial charge in [-0.1, -0.05) is 13.3 Å². The van der Waals surface area contributed by atoms with Crippen molar-refractivity contribution in [3.05, 3.63) is 24.0 Å². The van der Waals surface area contributed by atoms with Crippen LogP contribution in [-0.2, 0) is 20.0 Å². The SMILES string of the molecule is CCCS(=O)(=O)Nc1ccc(S(=O)(=O)NC2CCCC2CN)cc1F.Cl. The number of nitrogens with one attached hydrogen (secondary N) is 2. The first-order valence-electron chi connectivity index (χ1n) is 8.21. The highest BCUT2D eigenvalue weighted by molar-refractivity contribution is 7.92. The van der Waals surface area contributed by atoms with Gasteiger partial charge in [0.25, 0.3) is 0 Å². The second kappa shape index (κ2) is 9.32. The van der Waals surface area contributed by atoms with E-state index < -0.39 is 25.9 Å². The van der Waals surface area contributed by atoms with Gasteiger partial charge in [-0.2, -0.15) is 0 Å². The molecular weight excluding hydrogens is 405 g/mol. The van der Waals surface area contributed by atoms with Crippen molar-refractivity contribution in [1.82, 2.24) is 4.72 Å². The molecule has 1 aromatic rings. The lowest BCUT2D eigenvalue weighted by Crippen LogP contribution is -2.39. The van der Waals surface area contributed by atoms with Crippen LogP contribution in [0, 0.1) is 11.7 Å². The fourth-order valence-electron chi connectivity index (χ4n) is 2.97. The highest BCUT2D eigenvalue weighted by atomic mass is 35.5. The van der Waals surface area contributed by atoms with Crippen molar-refractivity contribution in [1.29, 1.82) is 0 Å². The summed E-state index contributed by atoms with van der Waals surface area (Å²) in [5, 5.41) is 0. The second-order valence-corrected chi connectivity index (χ2v) is 9.77. The van der Waals surface area contributed by atoms with Gasteiger partial charge < -0.3 is 5.73 Å². The molecule has 0 saturated heterocycles. The van der Waals surface area contributed by atoms with Crippen molar-refractivity contribution < 1.29 is 21.2 Å². The van der Waals surface area contributed by atoms with Crippen LogP contribution in [0.2, 0.25) is 0 Å². The number of benzene rings is 1. The van der Waals surface area contributed by atoms with E-state index >= 15 is 0 Å². The fraction of sp³-hybridized carbons (Fsp3) is 0.600. The monoisotopic (exact) mass is 429 g/mol. The lowest BCUT2D eigenvalue weighted by Gasteiger charge is -2.19. The number of nitrogens with two attached hydrogens (primary N) is 1. The normalized spacial score (nSPS) is 20.6. The van der Waals surface area contributed by atoms with Crippen LogP contribution in [-0.4, -0.2) is 35.2 Å². The maximum atomic E-state index is 14.2. The van der Waals surface area contributed by atoms with E-state index in [4.69, 9.17) is 5.73 Å². The molecule has 1 aliphatic rings. The van der Waals surface area contributed by atoms with E-state index in [0.29, 0.717) is 19.4 Å². The Bertz CT molecular complexity index is 818. The second-order valence-electron chi connectivity index (χ2n) is 6.22. The van der Waals surface area contributed by atoms with Crippen LogP contribution >= 0.6 is 12.4 Å². The predicted octanol–water partition coefficient (Wildman–Crippen LogP) is 1.80. The molecule has 0 heterocycles. The van der Waals surface area contributed by atoms with Crippen molar-refractivity contribution in [3.8, 4) is 0 Å². The summed E-state index contributed by atoms with van der Waals surface area (Å²) < 4.78 is 67.2. The van der Waals surface area contributed by atoms with Crippen molar-refractivity contribution in [3.63, 3.8) is 0 Å². The molecule has 0 amide bonds. The summed E-state index contributed by atoms with van der Waals surface area (Å²) in [5.74, 6) is -1.01. The van der Waals surface area contributed by atoms with Crippen LogP contribution in [0.5, 0.6) is 0 Å². The molecule has 2 atom stereocenters. The zero-order valence-electron chi connectivity index (χ0n) is 14.4. The van der Waals surface area contributed by atoms with E-state index in [0.717, 1.165) is 25.0 Å². The molecule has 1 saturated carbocycles. The first-order chi connectivity index (χ1) is 11.7. The summed E-state index contributed by atoms with van der Waals surface area (Å²) in [4.78, 5) is -0.244. The number of hydrogen-bond donors (Lipinski definition) is 3. The molecule has 0 radical (unpaired) electrons. The van der Waals surface area contributed by atoms with Crippen LogP contribution in [0.3, 0.4) is 0 Å². The standard InChI is InChI=1S/C15H24FN3O4S2.ClH/c1-2-8-24(20,21)18-15-7-6-12(9-13(15)16)25(22,23)19-14-5-3-4-11(14)10-17;/h6-7,9,11,14,18-19H,2-5,8,10,17H2,1H3;1H. The summed E-state index contributed by atoms with van der Waals surface area (Å²) in [6.07, 6.45) is 2.83. The van der Waals surface area contributed by atoms with Gasteiger partial charge in [0.2, 0.25) is 20.0 Å². The van der Waals surface area contributed by atoms with Gasteiger partial charge in [0.1, 0.15) is 5.82 Å². The predicted molar refractivity (Wildman–Crippen MR) is 102 cm³/mol. The number of sulfonamides is 2. The zero-order valence-corrected chi connectivity index (χ0v) is 16.9. The molecule has 2 unspecified atom stereocenters. The smallest absolute Gasteiger partial charge is 0.240 e. The van der Waals surface area contributed by atoms with Gasteiger partial charge in [-0.25, -0.2) is 25.9 Å². The molecule has 2 rings (SSSR count). The Kier molecular flexibility index (Phi) is 8.28. The van der Waals surface area contributed by atoms with E-state index in [1.807, 2.05) is 0 Å². The molecule has 0 bridgehead atoms. The third kappa shape index (κ3) is 5.78. The Morgan fingerprint density at radius 2 is 1.92 bits per heavy atom. The number of anilines is 1. The summed E-state index contributed by atoms with van der Waals surface area (Å²) in [7, 11) is -7.56. The molecule has 11 heteroatoms. The largest absolute Gasteiger partial charge is 0.330 e. The Morgan fingerprint density at radius 3 is 2.50 bits per heavy atom. The van der Waals surface area contributed by atoms with Crippen molar-refractivity contribution in [2.75, 3.05) is 17.0 Å². The van der Waals surface area contributed by atoms with E-state index in [9.17, 15) is 21.2 Å². The Balaban J connectivity index is 0.00000338. The lowest BCUT2D eigenvalue weighted by molar-refractivity contribution is 0.452. The fourth-order valence-corrected chi connectivity index (χ4v) is 5.47. The van der Waals surface area contributed by atoms with Crippen molar-refractivity contribution in [2.24, 2.45) is 11.7 Å². The minimum atomic E-state index is -3.90. The van der Waals surface area contributed by atoms with Gasteiger partial charge in [-0.05, 0) is 49.9 Å². The summed E-state index contributed by atoms with van der Waals surface area (Å²) in [6, 6.07) is 2.85. The highest BCUT2D eigenvalue weighted by Gasteiger charge is 2.30. The molecule has 26 heavy (non-hydrogen) atoms. The molecule has 4 N–H and O–H groups in total. The molecule has 0 aromatic heterocycles. The number of hydrogen-bond acceptors (Lipinski definition) is 5. The third-order valence-corrected chi connectivity index (χ3v) is 7.22. The van der Waals surface area contributed by atoms with Gasteiger partial charge in [0.15, 0.2) is 0 Å². The molecule has 1 aliphatic carbocycles. The average molecular weight is 430 g/mol. The van der Waals surface area contributed by atoms with Crippen LogP contribution in [0.4, 0.5) is 10.1 Å². The third-order valence-electron chi connectivity index (χ3n) is 4.26. The summed E-state index contributed by atoms with van der Waals surface area (Å²) >= 11 is 0. The molecule has 1 fully saturated rings. The first kappa shape index (κ1) is 23.1. The minimum Gasteiger partial charge on any atom is -0.330 e. The minimum absolute atomic E-state index is 0. The Morgan fingerprint density at radius 1 is 1.23 bits per heavy atom. The molecule has 0 aliphatic heterocycles. The van der Waals surface area contributed by atoms with Crippen LogP contribution < -0.4 is 15.2 Å². The maximum Gasteiger partial charge on any atom is 0.240 e. The van der Waals surface area contributed by atoms with Gasteiger partial charge in [-0.15, -0.1) is 12.4 Å². The summed E-state index contributed by atoms with van der Waals surface area (Å²) in [5.41, 5.74) is 5.38. The lowest BCUT2D eigenvalue weighted by atomic mass is 10.1. The Hall–Kier alpha value is -0.940. The topological polar surface area (TPSA) is 118 Å². The maximum absolute atomic E-state index is 14.2. The Labute approximate surface area is 160 Å². The van der Waals surface area contributed by atoms with Gasteiger partial charge in [0.05, 0.1) is 16.3 Å². The molecule has 7 nitrogen and oxygen atoms in total. The quantitative estimate of drug-likeness (QED) is 0.582.